The number of oxazole rings is 1. The number of hydrogen-bond acceptors (Lipinski definition) is 5. The predicted molar refractivity (Wildman–Crippen MR) is 98.7 cm³/mol. The number of benzene rings is 1. The zero-order chi connectivity index (χ0) is 19.1. The van der Waals surface area contributed by atoms with Gasteiger partial charge in [0, 0.05) is 18.4 Å². The molecule has 0 bridgehead atoms. The number of hydrogen-bond donors (Lipinski definition) is 1. The van der Waals surface area contributed by atoms with Crippen molar-refractivity contribution in [3.8, 4) is 23.3 Å². The van der Waals surface area contributed by atoms with Gasteiger partial charge in [-0.2, -0.15) is 15.0 Å². The second-order valence-electron chi connectivity index (χ2n) is 6.00. The first-order valence-corrected chi connectivity index (χ1v) is 8.71. The maximum Gasteiger partial charge on any atom is 0.331 e. The van der Waals surface area contributed by atoms with Gasteiger partial charge in [-0.3, -0.25) is 0 Å². The molecule has 0 aliphatic rings. The van der Waals surface area contributed by atoms with Crippen LogP contribution in [0, 0.1) is 18.8 Å². The van der Waals surface area contributed by atoms with Crippen molar-refractivity contribution in [3.05, 3.63) is 54.2 Å². The van der Waals surface area contributed by atoms with Gasteiger partial charge in [0.1, 0.15) is 5.76 Å². The molecule has 0 fully saturated rings. The minimum absolute atomic E-state index is 0.172. The molecule has 0 unspecified atom stereocenters. The van der Waals surface area contributed by atoms with Gasteiger partial charge in [-0.1, -0.05) is 18.2 Å². The van der Waals surface area contributed by atoms with Gasteiger partial charge in [0.15, 0.2) is 6.04 Å². The number of carboxylic acids is 1. The Hall–Kier alpha value is -3.40. The first-order valence-electron chi connectivity index (χ1n) is 8.71. The summed E-state index contributed by atoms with van der Waals surface area (Å²) in [6.45, 7) is 1.91. The van der Waals surface area contributed by atoms with Crippen LogP contribution < -0.4 is 0 Å². The van der Waals surface area contributed by atoms with Crippen molar-refractivity contribution in [3.63, 3.8) is 0 Å². The van der Waals surface area contributed by atoms with E-state index >= 15 is 0 Å². The molecular formula is C20H20N4O3. The highest BCUT2D eigenvalue weighted by Crippen LogP contribution is 2.22. The van der Waals surface area contributed by atoms with E-state index < -0.39 is 12.0 Å². The molecule has 3 aromatic rings. The van der Waals surface area contributed by atoms with Gasteiger partial charge in [0.2, 0.25) is 5.89 Å². The number of nitrogens with zero attached hydrogens (tertiary/aromatic N) is 4. The second kappa shape index (κ2) is 8.81. The van der Waals surface area contributed by atoms with E-state index in [2.05, 4.69) is 27.0 Å². The first kappa shape index (κ1) is 18.4. The smallest absolute Gasteiger partial charge is 0.331 e. The van der Waals surface area contributed by atoms with Crippen LogP contribution >= 0.6 is 0 Å². The summed E-state index contributed by atoms with van der Waals surface area (Å²) in [5, 5.41) is 17.0. The molecule has 0 spiro atoms. The van der Waals surface area contributed by atoms with Crippen molar-refractivity contribution in [1.82, 2.24) is 20.0 Å². The van der Waals surface area contributed by atoms with Gasteiger partial charge in [-0.25, -0.2) is 9.78 Å². The summed E-state index contributed by atoms with van der Waals surface area (Å²) in [5.74, 6) is 6.39. The lowest BCUT2D eigenvalue weighted by Gasteiger charge is -2.06. The van der Waals surface area contributed by atoms with Gasteiger partial charge in [0.05, 0.1) is 18.1 Å². The van der Waals surface area contributed by atoms with Crippen LogP contribution in [0.1, 0.15) is 36.8 Å². The van der Waals surface area contributed by atoms with Crippen LogP contribution in [0.2, 0.25) is 0 Å². The van der Waals surface area contributed by atoms with E-state index in [9.17, 15) is 9.90 Å². The molecular weight excluding hydrogens is 344 g/mol. The van der Waals surface area contributed by atoms with E-state index in [-0.39, 0.29) is 6.42 Å². The van der Waals surface area contributed by atoms with Crippen molar-refractivity contribution >= 4 is 5.97 Å². The fourth-order valence-corrected chi connectivity index (χ4v) is 2.62. The average molecular weight is 364 g/mol. The molecule has 0 amide bonds. The van der Waals surface area contributed by atoms with E-state index in [0.717, 1.165) is 29.9 Å². The molecule has 1 atom stereocenters. The van der Waals surface area contributed by atoms with E-state index in [4.69, 9.17) is 4.42 Å². The Bertz CT molecular complexity index is 937. The van der Waals surface area contributed by atoms with Crippen molar-refractivity contribution < 1.29 is 14.3 Å². The highest BCUT2D eigenvalue weighted by atomic mass is 16.4. The Morgan fingerprint density at radius 2 is 1.96 bits per heavy atom. The summed E-state index contributed by atoms with van der Waals surface area (Å²) in [7, 11) is 0. The fourth-order valence-electron chi connectivity index (χ4n) is 2.62. The van der Waals surface area contributed by atoms with Crippen LogP contribution in [0.5, 0.6) is 0 Å². The summed E-state index contributed by atoms with van der Waals surface area (Å²) in [6, 6.07) is 8.93. The molecule has 3 rings (SSSR count). The van der Waals surface area contributed by atoms with Gasteiger partial charge in [-0.05, 0) is 31.9 Å². The highest BCUT2D eigenvalue weighted by Gasteiger charge is 2.19. The van der Waals surface area contributed by atoms with Crippen LogP contribution in [0.3, 0.4) is 0 Å². The van der Waals surface area contributed by atoms with Crippen molar-refractivity contribution in [2.45, 2.75) is 38.6 Å². The number of aliphatic carboxylic acids is 1. The molecule has 27 heavy (non-hydrogen) atoms. The van der Waals surface area contributed by atoms with Crippen LogP contribution in [-0.4, -0.2) is 31.1 Å². The maximum absolute atomic E-state index is 11.3. The summed E-state index contributed by atoms with van der Waals surface area (Å²) < 4.78 is 5.75. The molecule has 2 aromatic heterocycles. The van der Waals surface area contributed by atoms with Crippen LogP contribution in [0.4, 0.5) is 0 Å². The topological polar surface area (TPSA) is 94.0 Å². The minimum Gasteiger partial charge on any atom is -0.480 e. The standard InChI is InChI=1S/C20H20N4O3/c1-15-17(23-19(27-15)16-9-5-4-6-10-16)11-7-2-3-8-12-18(20(25)26)24-21-13-14-22-24/h4-6,9-10,13-14,18H,2,7,11-12H2,1H3,(H,25,26)/t18-/m0/s1. The van der Waals surface area contributed by atoms with Gasteiger partial charge >= 0.3 is 5.97 Å². The van der Waals surface area contributed by atoms with Crippen molar-refractivity contribution in [2.75, 3.05) is 0 Å². The normalized spacial score (nSPS) is 11.6. The molecule has 7 heteroatoms. The Labute approximate surface area is 157 Å². The fraction of sp³-hybridized carbons (Fsp3) is 0.300. The van der Waals surface area contributed by atoms with E-state index in [1.54, 1.807) is 0 Å². The lowest BCUT2D eigenvalue weighted by atomic mass is 10.1. The van der Waals surface area contributed by atoms with Gasteiger partial charge < -0.3 is 9.52 Å². The average Bonchev–Trinajstić information content (AvgIpc) is 3.32. The SMILES string of the molecule is Cc1oc(-c2ccccc2)nc1CCCC#CC[C@@H](C(=O)O)n1nccn1. The van der Waals surface area contributed by atoms with Gasteiger partial charge in [0.25, 0.3) is 0 Å². The lowest BCUT2D eigenvalue weighted by Crippen LogP contribution is -2.20. The Kier molecular flexibility index (Phi) is 6.00. The summed E-state index contributed by atoms with van der Waals surface area (Å²) in [5.41, 5.74) is 1.89. The summed E-state index contributed by atoms with van der Waals surface area (Å²) >= 11 is 0. The number of unbranched alkanes of at least 4 members (excludes halogenated alkanes) is 1. The molecule has 1 N–H and O–H groups in total. The number of carbonyl (C=O) groups is 1. The molecule has 0 aliphatic carbocycles. The van der Waals surface area contributed by atoms with Crippen molar-refractivity contribution in [1.29, 1.82) is 0 Å². The number of aromatic nitrogens is 4. The first-order chi connectivity index (χ1) is 13.1. The van der Waals surface area contributed by atoms with E-state index in [0.29, 0.717) is 12.3 Å². The lowest BCUT2D eigenvalue weighted by molar-refractivity contribution is -0.141. The predicted octanol–water partition coefficient (Wildman–Crippen LogP) is 3.28. The third-order valence-corrected chi connectivity index (χ3v) is 4.05. The molecule has 0 aliphatic heterocycles. The monoisotopic (exact) mass is 364 g/mol. The zero-order valence-electron chi connectivity index (χ0n) is 15.0. The van der Waals surface area contributed by atoms with E-state index in [1.165, 1.54) is 17.2 Å². The quantitative estimate of drug-likeness (QED) is 0.511. The summed E-state index contributed by atoms with van der Waals surface area (Å²) in [6.07, 6.45) is 5.32. The van der Waals surface area contributed by atoms with Crippen molar-refractivity contribution in [2.24, 2.45) is 0 Å². The van der Waals surface area contributed by atoms with Crippen LogP contribution in [0.15, 0.2) is 47.1 Å². The molecule has 2 heterocycles. The molecule has 0 radical (unpaired) electrons. The van der Waals surface area contributed by atoms with Crippen LogP contribution in [0.25, 0.3) is 11.5 Å². The van der Waals surface area contributed by atoms with Crippen LogP contribution in [-0.2, 0) is 11.2 Å². The molecule has 7 nitrogen and oxygen atoms in total. The Morgan fingerprint density at radius 1 is 1.22 bits per heavy atom. The largest absolute Gasteiger partial charge is 0.480 e. The minimum atomic E-state index is -0.993. The Morgan fingerprint density at radius 3 is 2.67 bits per heavy atom. The van der Waals surface area contributed by atoms with Gasteiger partial charge in [-0.15, -0.1) is 11.8 Å². The number of carboxylic acid groups (broad SMARTS) is 1. The summed E-state index contributed by atoms with van der Waals surface area (Å²) in [4.78, 5) is 17.0. The number of rotatable bonds is 7. The van der Waals surface area contributed by atoms with E-state index in [1.807, 2.05) is 37.3 Å². The zero-order valence-corrected chi connectivity index (χ0v) is 15.0. The highest BCUT2D eigenvalue weighted by molar-refractivity contribution is 5.71. The second-order valence-corrected chi connectivity index (χ2v) is 6.00. The number of aryl methyl sites for hydroxylation is 2. The molecule has 0 saturated heterocycles. The Balaban J connectivity index is 1.50. The molecule has 0 saturated carbocycles. The third kappa shape index (κ3) is 4.82. The maximum atomic E-state index is 11.3. The third-order valence-electron chi connectivity index (χ3n) is 4.05. The molecule has 138 valence electrons. The molecule has 1 aromatic carbocycles.